The number of benzene rings is 9. The van der Waals surface area contributed by atoms with Gasteiger partial charge in [0.05, 0.1) is 69.9 Å². The van der Waals surface area contributed by atoms with Crippen LogP contribution in [-0.2, 0) is 0 Å². The lowest BCUT2D eigenvalue weighted by atomic mass is 9.86. The van der Waals surface area contributed by atoms with E-state index >= 15 is 0 Å². The monoisotopic (exact) mass is 862 g/mol. The number of rotatable bonds is 4. The normalized spacial score (nSPS) is 11.5. The smallest absolute Gasteiger partial charge is 0.188 e. The molecule has 68 heavy (non-hydrogen) atoms. The molecule has 0 bridgehead atoms. The van der Waals surface area contributed by atoms with E-state index in [-0.39, 0.29) is 0 Å². The average Bonchev–Trinajstić information content (AvgIpc) is 3.90. The molecule has 0 fully saturated rings. The summed E-state index contributed by atoms with van der Waals surface area (Å²) in [6.45, 7) is 15.6. The highest BCUT2D eigenvalue weighted by Gasteiger charge is 2.24. The van der Waals surface area contributed by atoms with E-state index in [9.17, 15) is 10.5 Å². The summed E-state index contributed by atoms with van der Waals surface area (Å²) in [6, 6.07) is 61.7. The molecule has 310 valence electrons. The second kappa shape index (κ2) is 14.7. The van der Waals surface area contributed by atoms with Crippen LogP contribution in [0.5, 0.6) is 0 Å². The van der Waals surface area contributed by atoms with E-state index in [1.807, 2.05) is 109 Å². The van der Waals surface area contributed by atoms with Crippen LogP contribution in [0.4, 0.5) is 11.4 Å². The maximum atomic E-state index is 9.96. The molecule has 0 N–H and O–H groups in total. The SMILES string of the molecule is [C-]#[N+]c1ccc2c(c1)c1cc(C#N)ccc1n2-c1ccc2c(-c3nccc4ccccc34)c3cc(-n4c5ccc(C#N)cc5c5cc([N+]#[C-])ccc54)ccc3c(-c3nccc4ccccc34)c2c1. The molecule has 0 aliphatic carbocycles. The Morgan fingerprint density at radius 1 is 0.382 bits per heavy atom. The van der Waals surface area contributed by atoms with Crippen molar-refractivity contribution < 1.29 is 0 Å². The molecule has 0 saturated carbocycles. The van der Waals surface area contributed by atoms with Crippen molar-refractivity contribution in [2.24, 2.45) is 0 Å². The van der Waals surface area contributed by atoms with Crippen molar-refractivity contribution in [2.75, 3.05) is 0 Å². The van der Waals surface area contributed by atoms with Crippen LogP contribution in [-0.4, -0.2) is 19.1 Å². The summed E-state index contributed by atoms with van der Waals surface area (Å²) in [4.78, 5) is 17.9. The van der Waals surface area contributed by atoms with Crippen LogP contribution >= 0.6 is 0 Å². The Kier molecular flexibility index (Phi) is 8.30. The molecule has 8 nitrogen and oxygen atoms in total. The molecule has 4 heterocycles. The molecule has 0 spiro atoms. The summed E-state index contributed by atoms with van der Waals surface area (Å²) in [5.41, 5.74) is 11.3. The van der Waals surface area contributed by atoms with Gasteiger partial charge in [-0.3, -0.25) is 9.97 Å². The van der Waals surface area contributed by atoms with Crippen LogP contribution in [0.2, 0.25) is 0 Å². The van der Waals surface area contributed by atoms with Crippen molar-refractivity contribution in [1.82, 2.24) is 19.1 Å². The third-order valence-electron chi connectivity index (χ3n) is 13.4. The summed E-state index contributed by atoms with van der Waals surface area (Å²) in [5, 5.41) is 31.6. The Labute approximate surface area is 388 Å². The molecule has 9 aromatic carbocycles. The van der Waals surface area contributed by atoms with Gasteiger partial charge in [-0.15, -0.1) is 0 Å². The number of nitrogens with zero attached hydrogens (tertiary/aromatic N) is 8. The van der Waals surface area contributed by atoms with Crippen molar-refractivity contribution in [3.8, 4) is 46.0 Å². The van der Waals surface area contributed by atoms with Crippen molar-refractivity contribution in [1.29, 1.82) is 10.5 Å². The summed E-state index contributed by atoms with van der Waals surface area (Å²) in [5.74, 6) is 0. The Morgan fingerprint density at radius 3 is 1.22 bits per heavy atom. The molecule has 0 aliphatic heterocycles. The minimum absolute atomic E-state index is 0.528. The van der Waals surface area contributed by atoms with Gasteiger partial charge in [0.1, 0.15) is 0 Å². The quantitative estimate of drug-likeness (QED) is 0.130. The fraction of sp³-hybridized carbons (Fsp3) is 0. The van der Waals surface area contributed by atoms with Gasteiger partial charge in [0, 0.05) is 56.4 Å². The van der Waals surface area contributed by atoms with E-state index < -0.39 is 0 Å². The lowest BCUT2D eigenvalue weighted by molar-refractivity contribution is 1.18. The van der Waals surface area contributed by atoms with Gasteiger partial charge < -0.3 is 9.13 Å². The number of hydrogen-bond acceptors (Lipinski definition) is 4. The van der Waals surface area contributed by atoms with Gasteiger partial charge in [0.15, 0.2) is 11.4 Å². The van der Waals surface area contributed by atoms with Crippen molar-refractivity contribution in [3.05, 3.63) is 216 Å². The Morgan fingerprint density at radius 2 is 0.794 bits per heavy atom. The first kappa shape index (κ1) is 38.3. The van der Waals surface area contributed by atoms with Crippen molar-refractivity contribution in [3.63, 3.8) is 0 Å². The van der Waals surface area contributed by atoms with E-state index in [0.29, 0.717) is 22.5 Å². The van der Waals surface area contributed by atoms with Crippen LogP contribution in [0.3, 0.4) is 0 Å². The van der Waals surface area contributed by atoms with E-state index in [4.69, 9.17) is 23.1 Å². The van der Waals surface area contributed by atoms with Gasteiger partial charge in [-0.2, -0.15) is 10.5 Å². The summed E-state index contributed by atoms with van der Waals surface area (Å²) >= 11 is 0. The summed E-state index contributed by atoms with van der Waals surface area (Å²) in [6.07, 6.45) is 3.76. The van der Waals surface area contributed by atoms with Gasteiger partial charge in [0.25, 0.3) is 0 Å². The van der Waals surface area contributed by atoms with Gasteiger partial charge >= 0.3 is 0 Å². The van der Waals surface area contributed by atoms with E-state index in [0.717, 1.165) is 121 Å². The maximum absolute atomic E-state index is 9.96. The molecule has 13 aromatic rings. The van der Waals surface area contributed by atoms with Crippen LogP contribution in [0.25, 0.3) is 130 Å². The third-order valence-corrected chi connectivity index (χ3v) is 13.4. The van der Waals surface area contributed by atoms with Crippen LogP contribution in [0.1, 0.15) is 11.1 Å². The molecule has 0 aliphatic rings. The lowest BCUT2D eigenvalue weighted by Crippen LogP contribution is -2.00. The molecule has 0 unspecified atom stereocenters. The van der Waals surface area contributed by atoms with Crippen LogP contribution in [0, 0.1) is 35.8 Å². The van der Waals surface area contributed by atoms with Crippen LogP contribution in [0.15, 0.2) is 182 Å². The van der Waals surface area contributed by atoms with Gasteiger partial charge in [-0.25, -0.2) is 9.69 Å². The zero-order chi connectivity index (χ0) is 45.6. The molecular formula is C60H30N8. The first-order valence-corrected chi connectivity index (χ1v) is 22.0. The first-order valence-electron chi connectivity index (χ1n) is 22.0. The zero-order valence-electron chi connectivity index (χ0n) is 35.9. The Hall–Kier alpha value is -10.1. The summed E-state index contributed by atoms with van der Waals surface area (Å²) in [7, 11) is 0. The zero-order valence-corrected chi connectivity index (χ0v) is 35.9. The Bertz CT molecular complexity index is 4120. The molecule has 0 amide bonds. The minimum Gasteiger partial charge on any atom is -0.309 e. The molecule has 8 heteroatoms. The lowest BCUT2D eigenvalue weighted by Gasteiger charge is -2.21. The molecular weight excluding hydrogens is 833 g/mol. The highest BCUT2D eigenvalue weighted by Crippen LogP contribution is 2.48. The second-order valence-electron chi connectivity index (χ2n) is 17.0. The number of aromatic nitrogens is 4. The van der Waals surface area contributed by atoms with Gasteiger partial charge in [-0.1, -0.05) is 72.8 Å². The minimum atomic E-state index is 0.528. The number of hydrogen-bond donors (Lipinski definition) is 0. The fourth-order valence-corrected chi connectivity index (χ4v) is 10.5. The second-order valence-corrected chi connectivity index (χ2v) is 17.0. The fourth-order valence-electron chi connectivity index (χ4n) is 10.5. The summed E-state index contributed by atoms with van der Waals surface area (Å²) < 4.78 is 4.45. The highest BCUT2D eigenvalue weighted by atomic mass is 15.0. The molecule has 0 saturated heterocycles. The molecule has 0 radical (unpaired) electrons. The predicted molar refractivity (Wildman–Crippen MR) is 274 cm³/mol. The average molecular weight is 863 g/mol. The van der Waals surface area contributed by atoms with Gasteiger partial charge in [0.2, 0.25) is 0 Å². The standard InChI is InChI=1S/C60H30N8/c1-63-39-13-21-55-49(29-39)47-27-35(33-61)11-19-53(47)67(55)41-15-17-45-51(31-41)57(59-43-9-5-3-7-37(43)23-25-65-59)46-18-16-42(32-52(46)58(45)60-44-10-6-4-8-38(44)24-26-66-60)68-54-20-12-36(34-62)28-48(54)50-30-40(64-2)14-22-56(50)68/h3-32H. The van der Waals surface area contributed by atoms with E-state index in [2.05, 4.69) is 104 Å². The molecule has 0 atom stereocenters. The van der Waals surface area contributed by atoms with Gasteiger partial charge in [-0.05, 0) is 140 Å². The van der Waals surface area contributed by atoms with Crippen molar-refractivity contribution >= 4 is 98.1 Å². The third kappa shape index (κ3) is 5.57. The van der Waals surface area contributed by atoms with E-state index in [1.54, 1.807) is 0 Å². The largest absolute Gasteiger partial charge is 0.309 e. The van der Waals surface area contributed by atoms with Crippen molar-refractivity contribution in [2.45, 2.75) is 0 Å². The number of pyridine rings is 2. The topological polar surface area (TPSA) is 91.9 Å². The first-order chi connectivity index (χ1) is 33.5. The molecule has 4 aromatic heterocycles. The number of nitriles is 2. The predicted octanol–water partition coefficient (Wildman–Crippen LogP) is 15.5. The molecule has 13 rings (SSSR count). The number of fused-ring (bicyclic) bond motifs is 10. The highest BCUT2D eigenvalue weighted by molar-refractivity contribution is 6.25. The van der Waals surface area contributed by atoms with E-state index in [1.165, 1.54) is 0 Å². The maximum Gasteiger partial charge on any atom is 0.188 e. The Balaban J connectivity index is 1.21. The van der Waals surface area contributed by atoms with Crippen LogP contribution < -0.4 is 0 Å².